The highest BCUT2D eigenvalue weighted by atomic mass is 35.5. The average molecular weight is 474 g/mol. The summed E-state index contributed by atoms with van der Waals surface area (Å²) in [5.41, 5.74) is 9.83. The van der Waals surface area contributed by atoms with Crippen LogP contribution in [0.25, 0.3) is 38.6 Å². The van der Waals surface area contributed by atoms with E-state index in [-0.39, 0.29) is 0 Å². The topological polar surface area (TPSA) is 4.93 Å². The van der Waals surface area contributed by atoms with Crippen LogP contribution in [-0.2, 0) is 0 Å². The third-order valence-electron chi connectivity index (χ3n) is 9.20. The van der Waals surface area contributed by atoms with E-state index in [2.05, 4.69) is 83.4 Å². The third kappa shape index (κ3) is 3.01. The molecule has 0 N–H and O–H groups in total. The summed E-state index contributed by atoms with van der Waals surface area (Å²) >= 11 is 6.43. The number of fused-ring (bicyclic) bond motifs is 3. The Kier molecular flexibility index (Phi) is 4.32. The highest BCUT2D eigenvalue weighted by Crippen LogP contribution is 2.55. The Morgan fingerprint density at radius 2 is 1.26 bits per heavy atom. The van der Waals surface area contributed by atoms with Crippen LogP contribution in [0.5, 0.6) is 0 Å². The van der Waals surface area contributed by atoms with Crippen molar-refractivity contribution in [3.05, 3.63) is 101 Å². The molecule has 4 aliphatic rings. The lowest BCUT2D eigenvalue weighted by Crippen LogP contribution is -2.29. The molecule has 1 aromatic heterocycles. The quantitative estimate of drug-likeness (QED) is 0.228. The summed E-state index contributed by atoms with van der Waals surface area (Å²) in [4.78, 5) is 0. The normalized spacial score (nSPS) is 24.7. The first kappa shape index (κ1) is 20.2. The Labute approximate surface area is 211 Å². The Bertz CT molecular complexity index is 1610. The van der Waals surface area contributed by atoms with Gasteiger partial charge >= 0.3 is 0 Å². The number of hydrogen-bond donors (Lipinski definition) is 0. The molecule has 4 aliphatic carbocycles. The van der Waals surface area contributed by atoms with Gasteiger partial charge in [-0.15, -0.1) is 0 Å². The van der Waals surface area contributed by atoms with Gasteiger partial charge in [-0.3, -0.25) is 0 Å². The molecule has 2 heteroatoms. The van der Waals surface area contributed by atoms with Crippen molar-refractivity contribution in [3.8, 4) is 16.8 Å². The van der Waals surface area contributed by atoms with Crippen LogP contribution in [0.1, 0.15) is 55.1 Å². The lowest BCUT2D eigenvalue weighted by atomic mass is 9.63. The second-order valence-electron chi connectivity index (χ2n) is 11.2. The van der Waals surface area contributed by atoms with E-state index in [0.29, 0.717) is 5.92 Å². The van der Waals surface area contributed by atoms with E-state index in [1.807, 2.05) is 6.07 Å². The van der Waals surface area contributed by atoms with E-state index < -0.39 is 0 Å². The van der Waals surface area contributed by atoms with E-state index in [1.54, 1.807) is 11.1 Å². The summed E-state index contributed by atoms with van der Waals surface area (Å²) < 4.78 is 2.44. The number of hydrogen-bond acceptors (Lipinski definition) is 0. The molecule has 2 saturated carbocycles. The molecule has 0 radical (unpaired) electrons. The number of benzene rings is 4. The van der Waals surface area contributed by atoms with Gasteiger partial charge in [-0.05, 0) is 114 Å². The molecule has 1 nitrogen and oxygen atoms in total. The van der Waals surface area contributed by atoms with E-state index in [4.69, 9.17) is 11.6 Å². The summed E-state index contributed by atoms with van der Waals surface area (Å²) in [7, 11) is 0. The third-order valence-corrected chi connectivity index (χ3v) is 9.43. The predicted molar refractivity (Wildman–Crippen MR) is 147 cm³/mol. The summed E-state index contributed by atoms with van der Waals surface area (Å²) in [5, 5.41) is 3.27. The standard InChI is InChI=1S/C33H28ClN/c34-24-9-12-33-31(18-24)29-7-3-4-8-32(29)35(33)25-10-11-28-27-6-2-1-5-26(27)22-14-20-13-21(15-22)17-23(16-20)30(28)19-25/h1-12,18-23H,13-17H2. The number of aromatic nitrogens is 1. The van der Waals surface area contributed by atoms with Crippen LogP contribution in [0.2, 0.25) is 5.02 Å². The minimum Gasteiger partial charge on any atom is -0.309 e. The first-order valence-corrected chi connectivity index (χ1v) is 13.5. The Hall–Kier alpha value is -3.03. The van der Waals surface area contributed by atoms with Crippen molar-refractivity contribution in [2.24, 2.45) is 11.8 Å². The minimum atomic E-state index is 0.656. The second-order valence-corrected chi connectivity index (χ2v) is 11.6. The highest BCUT2D eigenvalue weighted by molar-refractivity contribution is 6.32. The van der Waals surface area contributed by atoms with Crippen LogP contribution in [0, 0.1) is 11.8 Å². The molecule has 0 amide bonds. The van der Waals surface area contributed by atoms with Crippen molar-refractivity contribution < 1.29 is 0 Å². The zero-order valence-electron chi connectivity index (χ0n) is 19.8. The molecular formula is C33H28ClN. The second kappa shape index (κ2) is 7.48. The van der Waals surface area contributed by atoms with Gasteiger partial charge in [0, 0.05) is 21.5 Å². The van der Waals surface area contributed by atoms with Crippen LogP contribution < -0.4 is 0 Å². The van der Waals surface area contributed by atoms with Gasteiger partial charge in [0.05, 0.1) is 11.0 Å². The Morgan fingerprint density at radius 1 is 0.571 bits per heavy atom. The molecule has 5 aromatic rings. The van der Waals surface area contributed by atoms with E-state index in [9.17, 15) is 0 Å². The van der Waals surface area contributed by atoms with Gasteiger partial charge in [0.2, 0.25) is 0 Å². The SMILES string of the molecule is Clc1ccc2c(c1)c1ccccc1n2-c1ccc2c(c1)C1CC3CC(CC(C3)c3ccccc3-2)C1. The lowest BCUT2D eigenvalue weighted by Gasteiger charge is -2.42. The predicted octanol–water partition coefficient (Wildman–Crippen LogP) is 9.49. The summed E-state index contributed by atoms with van der Waals surface area (Å²) in [6.45, 7) is 0. The zero-order chi connectivity index (χ0) is 23.1. The fourth-order valence-corrected chi connectivity index (χ4v) is 8.12. The van der Waals surface area contributed by atoms with Crippen molar-refractivity contribution in [2.75, 3.05) is 0 Å². The first-order chi connectivity index (χ1) is 17.2. The molecule has 2 atom stereocenters. The summed E-state index contributed by atoms with van der Waals surface area (Å²) in [6, 6.07) is 31.6. The van der Waals surface area contributed by atoms with E-state index in [1.165, 1.54) is 70.7 Å². The van der Waals surface area contributed by atoms with Crippen LogP contribution in [-0.4, -0.2) is 4.57 Å². The maximum Gasteiger partial charge on any atom is 0.0542 e. The molecule has 1 heterocycles. The fourth-order valence-electron chi connectivity index (χ4n) is 7.95. The zero-order valence-corrected chi connectivity index (χ0v) is 20.5. The maximum atomic E-state index is 6.43. The van der Waals surface area contributed by atoms with Gasteiger partial charge in [-0.1, -0.05) is 60.1 Å². The monoisotopic (exact) mass is 473 g/mol. The molecule has 4 bridgehead atoms. The maximum absolute atomic E-state index is 6.43. The number of halogens is 1. The van der Waals surface area contributed by atoms with Crippen molar-refractivity contribution in [2.45, 2.75) is 43.9 Å². The lowest BCUT2D eigenvalue weighted by molar-refractivity contribution is 0.153. The highest BCUT2D eigenvalue weighted by Gasteiger charge is 2.40. The summed E-state index contributed by atoms with van der Waals surface area (Å²) in [5.74, 6) is 3.12. The van der Waals surface area contributed by atoms with Crippen LogP contribution >= 0.6 is 11.6 Å². The van der Waals surface area contributed by atoms with Gasteiger partial charge in [0.15, 0.2) is 0 Å². The molecule has 4 aromatic carbocycles. The smallest absolute Gasteiger partial charge is 0.0542 e. The molecule has 0 aliphatic heterocycles. The fraction of sp³-hybridized carbons (Fsp3) is 0.273. The number of nitrogens with zero attached hydrogens (tertiary/aromatic N) is 1. The molecule has 172 valence electrons. The number of para-hydroxylation sites is 1. The van der Waals surface area contributed by atoms with Gasteiger partial charge < -0.3 is 4.57 Å². The van der Waals surface area contributed by atoms with Gasteiger partial charge in [-0.25, -0.2) is 0 Å². The minimum absolute atomic E-state index is 0.656. The molecular weight excluding hydrogens is 446 g/mol. The van der Waals surface area contributed by atoms with E-state index in [0.717, 1.165) is 22.8 Å². The molecule has 0 saturated heterocycles. The summed E-state index contributed by atoms with van der Waals surface area (Å²) in [6.07, 6.45) is 6.88. The van der Waals surface area contributed by atoms with Crippen molar-refractivity contribution in [3.63, 3.8) is 0 Å². The van der Waals surface area contributed by atoms with Crippen molar-refractivity contribution >= 4 is 33.4 Å². The van der Waals surface area contributed by atoms with Crippen molar-refractivity contribution in [1.29, 1.82) is 0 Å². The molecule has 9 rings (SSSR count). The Morgan fingerprint density at radius 3 is 2.11 bits per heavy atom. The van der Waals surface area contributed by atoms with Crippen LogP contribution in [0.3, 0.4) is 0 Å². The van der Waals surface area contributed by atoms with Crippen molar-refractivity contribution in [1.82, 2.24) is 4.57 Å². The van der Waals surface area contributed by atoms with Crippen LogP contribution in [0.15, 0.2) is 84.9 Å². The largest absolute Gasteiger partial charge is 0.309 e. The molecule has 0 spiro atoms. The average Bonchev–Trinajstić information content (AvgIpc) is 3.23. The van der Waals surface area contributed by atoms with Crippen LogP contribution in [0.4, 0.5) is 0 Å². The Balaban J connectivity index is 1.41. The molecule has 35 heavy (non-hydrogen) atoms. The van der Waals surface area contributed by atoms with Gasteiger partial charge in [0.1, 0.15) is 0 Å². The molecule has 2 unspecified atom stereocenters. The first-order valence-electron chi connectivity index (χ1n) is 13.2. The van der Waals surface area contributed by atoms with E-state index >= 15 is 0 Å². The van der Waals surface area contributed by atoms with Gasteiger partial charge in [0.25, 0.3) is 0 Å². The van der Waals surface area contributed by atoms with Gasteiger partial charge in [-0.2, -0.15) is 0 Å². The number of rotatable bonds is 1. The molecule has 2 fully saturated rings.